The van der Waals surface area contributed by atoms with Crippen molar-refractivity contribution < 1.29 is 21.2 Å². The largest absolute Gasteiger partial charge is 0.269 e. The van der Waals surface area contributed by atoms with Crippen LogP contribution in [0.25, 0.3) is 11.3 Å². The Balaban J connectivity index is 1.85. The maximum absolute atomic E-state index is 13.6. The Bertz CT molecular complexity index is 1540. The van der Waals surface area contributed by atoms with Gasteiger partial charge >= 0.3 is 0 Å². The van der Waals surface area contributed by atoms with Crippen molar-refractivity contribution in [2.75, 3.05) is 22.7 Å². The average molecular weight is 540 g/mol. The predicted molar refractivity (Wildman–Crippen MR) is 143 cm³/mol. The number of halogens is 1. The molecule has 3 aromatic carbocycles. The quantitative estimate of drug-likeness (QED) is 0.324. The standard InChI is InChI=1S/C27H26FN3O4S2/c1-19-5-13-24(14-6-19)36(32,33)30(3)23-17-26(21-9-11-22(28)12-10-21)29-27(18-23)31(4)37(34,35)25-15-7-20(2)8-16-25/h5-18H,1-4H3. The molecule has 0 aliphatic rings. The summed E-state index contributed by atoms with van der Waals surface area (Å²) in [5.41, 5.74) is 2.78. The Labute approximate surface area is 216 Å². The van der Waals surface area contributed by atoms with Crippen LogP contribution in [0.2, 0.25) is 0 Å². The van der Waals surface area contributed by atoms with Crippen LogP contribution in [0.5, 0.6) is 0 Å². The summed E-state index contributed by atoms with van der Waals surface area (Å²) in [4.78, 5) is 4.65. The highest BCUT2D eigenvalue weighted by Gasteiger charge is 2.26. The fourth-order valence-electron chi connectivity index (χ4n) is 3.61. The first-order chi connectivity index (χ1) is 17.4. The van der Waals surface area contributed by atoms with Gasteiger partial charge in [-0.3, -0.25) is 8.61 Å². The monoisotopic (exact) mass is 539 g/mol. The molecule has 1 aromatic heterocycles. The smallest absolute Gasteiger partial charge is 0.265 e. The first kappa shape index (κ1) is 26.3. The van der Waals surface area contributed by atoms with E-state index in [0.717, 1.165) is 19.7 Å². The van der Waals surface area contributed by atoms with Gasteiger partial charge < -0.3 is 0 Å². The molecular weight excluding hydrogens is 513 g/mol. The molecule has 4 rings (SSSR count). The lowest BCUT2D eigenvalue weighted by atomic mass is 10.1. The van der Waals surface area contributed by atoms with Gasteiger partial charge in [0.25, 0.3) is 20.0 Å². The minimum atomic E-state index is -4.01. The van der Waals surface area contributed by atoms with Crippen molar-refractivity contribution in [1.29, 1.82) is 0 Å². The second-order valence-corrected chi connectivity index (χ2v) is 12.6. The molecule has 0 bridgehead atoms. The zero-order chi connectivity index (χ0) is 27.0. The SMILES string of the molecule is Cc1ccc(S(=O)(=O)N(C)c2cc(-c3ccc(F)cc3)nc(N(C)S(=O)(=O)c3ccc(C)cc3)c2)cc1. The van der Waals surface area contributed by atoms with Gasteiger partial charge in [-0.25, -0.2) is 26.2 Å². The molecule has 1 heterocycles. The molecule has 0 saturated heterocycles. The fourth-order valence-corrected chi connectivity index (χ4v) is 5.93. The molecular formula is C27H26FN3O4S2. The maximum atomic E-state index is 13.6. The summed E-state index contributed by atoms with van der Waals surface area (Å²) in [5, 5.41) is 0. The third-order valence-electron chi connectivity index (χ3n) is 5.98. The minimum absolute atomic E-state index is 0.00311. The van der Waals surface area contributed by atoms with Crippen molar-refractivity contribution in [3.05, 3.63) is 102 Å². The summed E-state index contributed by atoms with van der Waals surface area (Å²) in [5.74, 6) is -0.443. The summed E-state index contributed by atoms with van der Waals surface area (Å²) in [6.07, 6.45) is 0. The Kier molecular flexibility index (Phi) is 7.07. The van der Waals surface area contributed by atoms with Crippen LogP contribution in [-0.4, -0.2) is 35.9 Å². The van der Waals surface area contributed by atoms with Gasteiger partial charge in [0.1, 0.15) is 11.6 Å². The zero-order valence-electron chi connectivity index (χ0n) is 20.8. The van der Waals surface area contributed by atoms with E-state index >= 15 is 0 Å². The fraction of sp³-hybridized carbons (Fsp3) is 0.148. The Morgan fingerprint density at radius 2 is 1.11 bits per heavy atom. The first-order valence-corrected chi connectivity index (χ1v) is 14.2. The van der Waals surface area contributed by atoms with Gasteiger partial charge in [0, 0.05) is 25.7 Å². The molecule has 0 aliphatic heterocycles. The number of aryl methyl sites for hydroxylation is 2. The van der Waals surface area contributed by atoms with Gasteiger partial charge in [-0.05, 0) is 68.4 Å². The number of benzene rings is 3. The van der Waals surface area contributed by atoms with Gasteiger partial charge in [0.05, 0.1) is 21.2 Å². The Morgan fingerprint density at radius 3 is 1.59 bits per heavy atom. The van der Waals surface area contributed by atoms with E-state index in [4.69, 9.17) is 0 Å². The van der Waals surface area contributed by atoms with Crippen molar-refractivity contribution >= 4 is 31.6 Å². The van der Waals surface area contributed by atoms with Crippen LogP contribution in [0.15, 0.2) is 94.7 Å². The number of hydrogen-bond acceptors (Lipinski definition) is 5. The molecule has 0 atom stereocenters. The number of nitrogens with zero attached hydrogens (tertiary/aromatic N) is 3. The zero-order valence-corrected chi connectivity index (χ0v) is 22.4. The third kappa shape index (κ3) is 5.35. The summed E-state index contributed by atoms with van der Waals surface area (Å²) >= 11 is 0. The lowest BCUT2D eigenvalue weighted by molar-refractivity contribution is 0.593. The van der Waals surface area contributed by atoms with Crippen molar-refractivity contribution in [2.24, 2.45) is 0 Å². The molecule has 4 aromatic rings. The van der Waals surface area contributed by atoms with Gasteiger partial charge in [-0.15, -0.1) is 0 Å². The number of sulfonamides is 2. The van der Waals surface area contributed by atoms with E-state index in [-0.39, 0.29) is 27.0 Å². The summed E-state index contributed by atoms with van der Waals surface area (Å²) in [6.45, 7) is 3.71. The van der Waals surface area contributed by atoms with E-state index < -0.39 is 25.9 Å². The Morgan fingerprint density at radius 1 is 0.649 bits per heavy atom. The lowest BCUT2D eigenvalue weighted by Gasteiger charge is -2.24. The van der Waals surface area contributed by atoms with Crippen LogP contribution in [0, 0.1) is 19.7 Å². The van der Waals surface area contributed by atoms with Crippen molar-refractivity contribution in [2.45, 2.75) is 23.6 Å². The van der Waals surface area contributed by atoms with E-state index in [1.165, 1.54) is 74.8 Å². The molecule has 37 heavy (non-hydrogen) atoms. The van der Waals surface area contributed by atoms with Crippen molar-refractivity contribution in [3.8, 4) is 11.3 Å². The van der Waals surface area contributed by atoms with Gasteiger partial charge in [0.15, 0.2) is 0 Å². The molecule has 0 radical (unpaired) electrons. The topological polar surface area (TPSA) is 87.7 Å². The first-order valence-electron chi connectivity index (χ1n) is 11.3. The molecule has 0 spiro atoms. The van der Waals surface area contributed by atoms with Crippen LogP contribution in [0.4, 0.5) is 15.9 Å². The van der Waals surface area contributed by atoms with Crippen LogP contribution < -0.4 is 8.61 Å². The van der Waals surface area contributed by atoms with Crippen LogP contribution in [0.3, 0.4) is 0 Å². The van der Waals surface area contributed by atoms with E-state index in [2.05, 4.69) is 4.98 Å². The lowest BCUT2D eigenvalue weighted by Crippen LogP contribution is -2.29. The van der Waals surface area contributed by atoms with E-state index in [1.54, 1.807) is 24.3 Å². The summed E-state index contributed by atoms with van der Waals surface area (Å²) in [6, 6.07) is 21.2. The second kappa shape index (κ2) is 9.95. The number of hydrogen-bond donors (Lipinski definition) is 0. The maximum Gasteiger partial charge on any atom is 0.265 e. The third-order valence-corrected chi connectivity index (χ3v) is 9.56. The van der Waals surface area contributed by atoms with Gasteiger partial charge in [-0.2, -0.15) is 0 Å². The van der Waals surface area contributed by atoms with E-state index in [1.807, 2.05) is 13.8 Å². The molecule has 0 N–H and O–H groups in total. The van der Waals surface area contributed by atoms with Gasteiger partial charge in [0.2, 0.25) is 0 Å². The minimum Gasteiger partial charge on any atom is -0.269 e. The average Bonchev–Trinajstić information content (AvgIpc) is 2.88. The molecule has 0 fully saturated rings. The van der Waals surface area contributed by atoms with E-state index in [0.29, 0.717) is 5.56 Å². The molecule has 192 valence electrons. The van der Waals surface area contributed by atoms with Crippen LogP contribution in [-0.2, 0) is 20.0 Å². The summed E-state index contributed by atoms with van der Waals surface area (Å²) < 4.78 is 69.2. The number of rotatable bonds is 7. The number of anilines is 2. The highest BCUT2D eigenvalue weighted by Crippen LogP contribution is 2.32. The highest BCUT2D eigenvalue weighted by molar-refractivity contribution is 7.93. The number of pyridine rings is 1. The van der Waals surface area contributed by atoms with Crippen LogP contribution >= 0.6 is 0 Å². The molecule has 0 saturated carbocycles. The van der Waals surface area contributed by atoms with E-state index in [9.17, 15) is 21.2 Å². The molecule has 7 nitrogen and oxygen atoms in total. The second-order valence-electron chi connectivity index (χ2n) is 8.65. The highest BCUT2D eigenvalue weighted by atomic mass is 32.2. The van der Waals surface area contributed by atoms with Gasteiger partial charge in [-0.1, -0.05) is 35.4 Å². The molecule has 0 aliphatic carbocycles. The normalized spacial score (nSPS) is 11.8. The number of aromatic nitrogens is 1. The predicted octanol–water partition coefficient (Wildman–Crippen LogP) is 5.15. The Hall–Kier alpha value is -3.76. The molecule has 0 amide bonds. The molecule has 10 heteroatoms. The van der Waals surface area contributed by atoms with Crippen molar-refractivity contribution in [3.63, 3.8) is 0 Å². The van der Waals surface area contributed by atoms with Crippen LogP contribution in [0.1, 0.15) is 11.1 Å². The van der Waals surface area contributed by atoms with Crippen molar-refractivity contribution in [1.82, 2.24) is 4.98 Å². The summed E-state index contributed by atoms with van der Waals surface area (Å²) in [7, 11) is -5.24. The molecule has 0 unspecified atom stereocenters.